The van der Waals surface area contributed by atoms with E-state index in [0.717, 1.165) is 73.3 Å². The first kappa shape index (κ1) is 28.8. The Labute approximate surface area is 252 Å². The van der Waals surface area contributed by atoms with Crippen molar-refractivity contribution in [3.05, 3.63) is 82.4 Å². The van der Waals surface area contributed by atoms with Gasteiger partial charge in [-0.1, -0.05) is 12.1 Å². The van der Waals surface area contributed by atoms with Crippen LogP contribution in [-0.2, 0) is 16.8 Å². The number of fused-ring (bicyclic) bond motifs is 1. The van der Waals surface area contributed by atoms with Gasteiger partial charge in [0, 0.05) is 46.5 Å². The molecule has 1 amide bonds. The van der Waals surface area contributed by atoms with Crippen LogP contribution in [0.5, 0.6) is 5.75 Å². The molecule has 1 N–H and O–H groups in total. The molecule has 4 aromatic rings. The van der Waals surface area contributed by atoms with Gasteiger partial charge in [0.15, 0.2) is 0 Å². The zero-order valence-electron chi connectivity index (χ0n) is 24.8. The Morgan fingerprint density at radius 1 is 1.07 bits per heavy atom. The van der Waals surface area contributed by atoms with Crippen LogP contribution in [0.1, 0.15) is 45.6 Å². The summed E-state index contributed by atoms with van der Waals surface area (Å²) in [5.74, 6) is 0.614. The highest BCUT2D eigenvalue weighted by molar-refractivity contribution is 7.15. The topological polar surface area (TPSA) is 66.9 Å². The van der Waals surface area contributed by atoms with Crippen molar-refractivity contribution in [3.63, 3.8) is 0 Å². The van der Waals surface area contributed by atoms with Crippen molar-refractivity contribution in [2.45, 2.75) is 38.3 Å². The van der Waals surface area contributed by atoms with E-state index in [1.54, 1.807) is 7.11 Å². The molecule has 2 aromatic heterocycles. The van der Waals surface area contributed by atoms with Crippen molar-refractivity contribution in [1.29, 1.82) is 0 Å². The number of methoxy groups -OCH3 is 1. The van der Waals surface area contributed by atoms with Crippen molar-refractivity contribution >= 4 is 28.1 Å². The number of ether oxygens (including phenoxy) is 2. The average Bonchev–Trinajstić information content (AvgIpc) is 3.63. The molecule has 220 valence electrons. The first-order valence-corrected chi connectivity index (χ1v) is 15.7. The van der Waals surface area contributed by atoms with E-state index in [1.165, 1.54) is 29.3 Å². The monoisotopic (exact) mass is 584 g/mol. The molecular formula is C34H40N4O3S. The molecule has 3 fully saturated rings. The number of pyridine rings is 1. The Kier molecular flexibility index (Phi) is 8.58. The minimum absolute atomic E-state index is 0.0692. The number of rotatable bonds is 7. The summed E-state index contributed by atoms with van der Waals surface area (Å²) in [6, 6.07) is 18.6. The van der Waals surface area contributed by atoms with Gasteiger partial charge in [0.05, 0.1) is 31.4 Å². The van der Waals surface area contributed by atoms with Gasteiger partial charge in [0.2, 0.25) is 0 Å². The van der Waals surface area contributed by atoms with Crippen LogP contribution in [0.3, 0.4) is 0 Å². The number of morpholine rings is 1. The Morgan fingerprint density at radius 3 is 2.55 bits per heavy atom. The van der Waals surface area contributed by atoms with Crippen LogP contribution in [0.2, 0.25) is 0 Å². The van der Waals surface area contributed by atoms with Gasteiger partial charge in [-0.25, -0.2) is 0 Å². The van der Waals surface area contributed by atoms with Gasteiger partial charge in [-0.2, -0.15) is 0 Å². The molecule has 7 rings (SSSR count). The predicted molar refractivity (Wildman–Crippen MR) is 169 cm³/mol. The number of nitrogens with one attached hydrogen (secondary N) is 1. The van der Waals surface area contributed by atoms with E-state index < -0.39 is 5.54 Å². The van der Waals surface area contributed by atoms with E-state index in [0.29, 0.717) is 11.3 Å². The lowest BCUT2D eigenvalue weighted by molar-refractivity contribution is 0.0346. The van der Waals surface area contributed by atoms with E-state index in [4.69, 9.17) is 14.5 Å². The molecular weight excluding hydrogens is 544 g/mol. The molecule has 4 heterocycles. The lowest BCUT2D eigenvalue weighted by atomic mass is 9.95. The van der Waals surface area contributed by atoms with Crippen LogP contribution in [0, 0.1) is 6.92 Å². The number of carbonyl (C=O) groups is 1. The van der Waals surface area contributed by atoms with Gasteiger partial charge in [-0.3, -0.25) is 14.7 Å². The molecule has 3 aliphatic rings. The fraction of sp³-hybridized carbons (Fsp3) is 0.412. The van der Waals surface area contributed by atoms with E-state index >= 15 is 0 Å². The summed E-state index contributed by atoms with van der Waals surface area (Å²) in [7, 11) is 3.76. The lowest BCUT2D eigenvalue weighted by Crippen LogP contribution is -2.35. The second-order valence-electron chi connectivity index (χ2n) is 11.6. The summed E-state index contributed by atoms with van der Waals surface area (Å²) < 4.78 is 10.9. The summed E-state index contributed by atoms with van der Waals surface area (Å²) in [6.45, 7) is 9.12. The van der Waals surface area contributed by atoms with Crippen molar-refractivity contribution in [1.82, 2.24) is 20.1 Å². The summed E-state index contributed by atoms with van der Waals surface area (Å²) in [5, 5.41) is 4.48. The van der Waals surface area contributed by atoms with Gasteiger partial charge >= 0.3 is 0 Å². The fourth-order valence-electron chi connectivity index (χ4n) is 5.64. The maximum atomic E-state index is 13.5. The molecule has 0 bridgehead atoms. The quantitative estimate of drug-likeness (QED) is 0.294. The third-order valence-electron chi connectivity index (χ3n) is 8.54. The van der Waals surface area contributed by atoms with Gasteiger partial charge in [-0.05, 0) is 105 Å². The Balaban J connectivity index is 0.000000573. The number of thiophene rings is 1. The molecule has 7 nitrogen and oxygen atoms in total. The molecule has 2 aliphatic heterocycles. The normalized spacial score (nSPS) is 18.1. The maximum absolute atomic E-state index is 13.5. The summed E-state index contributed by atoms with van der Waals surface area (Å²) >= 11 is 1.83. The van der Waals surface area contributed by atoms with Gasteiger partial charge < -0.3 is 19.7 Å². The first-order chi connectivity index (χ1) is 20.4. The molecule has 2 aromatic carbocycles. The van der Waals surface area contributed by atoms with Gasteiger partial charge in [0.25, 0.3) is 5.91 Å². The van der Waals surface area contributed by atoms with Crippen LogP contribution in [0.4, 0.5) is 0 Å². The molecule has 0 spiro atoms. The summed E-state index contributed by atoms with van der Waals surface area (Å²) in [6.07, 6.45) is 5.06. The number of amides is 1. The van der Waals surface area contributed by atoms with E-state index in [1.807, 2.05) is 48.7 Å². The standard InChI is InChI=1S/C30H31N3O3S.C4H9N/c1-20-5-6-22(35-2)18-25(20)29(34)32-30(9-10-30)26-16-21(17-27-24(26)4-3-11-31-27)28-8-7-23(37-28)19-33-12-14-36-15-13-33;1-5-3-2-4-5/h3-8,11,16-18H,9-10,12-15,19H2,1-2H3,(H,32,34);2-4H2,1H3. The Morgan fingerprint density at radius 2 is 1.86 bits per heavy atom. The number of benzene rings is 2. The molecule has 0 unspecified atom stereocenters. The molecule has 42 heavy (non-hydrogen) atoms. The van der Waals surface area contributed by atoms with Crippen LogP contribution in [-0.4, -0.2) is 74.2 Å². The average molecular weight is 585 g/mol. The van der Waals surface area contributed by atoms with E-state index in [9.17, 15) is 4.79 Å². The fourth-order valence-corrected chi connectivity index (χ4v) is 6.67. The molecule has 2 saturated heterocycles. The number of nitrogens with zero attached hydrogens (tertiary/aromatic N) is 3. The molecule has 0 radical (unpaired) electrons. The van der Waals surface area contributed by atoms with Crippen molar-refractivity contribution in [2.75, 3.05) is 53.6 Å². The number of likely N-dealkylation sites (tertiary alicyclic amines) is 1. The zero-order valence-corrected chi connectivity index (χ0v) is 25.6. The molecule has 1 aliphatic carbocycles. The highest BCUT2D eigenvalue weighted by atomic mass is 32.1. The van der Waals surface area contributed by atoms with Gasteiger partial charge in [0.1, 0.15) is 5.75 Å². The predicted octanol–water partition coefficient (Wildman–Crippen LogP) is 5.85. The number of hydrogen-bond donors (Lipinski definition) is 1. The zero-order chi connectivity index (χ0) is 29.1. The molecule has 8 heteroatoms. The summed E-state index contributed by atoms with van der Waals surface area (Å²) in [4.78, 5) is 25.5. The van der Waals surface area contributed by atoms with E-state index in [2.05, 4.69) is 52.5 Å². The highest BCUT2D eigenvalue weighted by Gasteiger charge is 2.47. The summed E-state index contributed by atoms with van der Waals surface area (Å²) in [5.41, 5.74) is 4.44. The van der Waals surface area contributed by atoms with Crippen molar-refractivity contribution in [2.24, 2.45) is 0 Å². The second kappa shape index (κ2) is 12.5. The maximum Gasteiger partial charge on any atom is 0.252 e. The SMILES string of the molecule is CN1CCC1.COc1ccc(C)c(C(=O)NC2(c3cc(-c4ccc(CN5CCOCC5)s4)cc4ncccc34)CC2)c1. The van der Waals surface area contributed by atoms with Crippen LogP contribution >= 0.6 is 11.3 Å². The number of aromatic nitrogens is 1. The van der Waals surface area contributed by atoms with Crippen molar-refractivity contribution < 1.29 is 14.3 Å². The Hall–Kier alpha value is -3.30. The van der Waals surface area contributed by atoms with E-state index in [-0.39, 0.29) is 5.91 Å². The minimum atomic E-state index is -0.391. The van der Waals surface area contributed by atoms with Crippen LogP contribution < -0.4 is 10.1 Å². The largest absolute Gasteiger partial charge is 0.497 e. The Bertz CT molecular complexity index is 1550. The van der Waals surface area contributed by atoms with Crippen LogP contribution in [0.15, 0.2) is 60.8 Å². The highest BCUT2D eigenvalue weighted by Crippen LogP contribution is 2.49. The molecule has 0 atom stereocenters. The third-order valence-corrected chi connectivity index (χ3v) is 9.66. The smallest absolute Gasteiger partial charge is 0.252 e. The number of hydrogen-bond acceptors (Lipinski definition) is 7. The van der Waals surface area contributed by atoms with Crippen molar-refractivity contribution in [3.8, 4) is 16.2 Å². The lowest BCUT2D eigenvalue weighted by Gasteiger charge is -2.25. The minimum Gasteiger partial charge on any atom is -0.497 e. The van der Waals surface area contributed by atoms with Crippen LogP contribution in [0.25, 0.3) is 21.3 Å². The first-order valence-electron chi connectivity index (χ1n) is 14.9. The number of carbonyl (C=O) groups excluding carboxylic acids is 1. The second-order valence-corrected chi connectivity index (χ2v) is 12.8. The molecule has 1 saturated carbocycles. The third kappa shape index (κ3) is 6.37. The van der Waals surface area contributed by atoms with Gasteiger partial charge in [-0.15, -0.1) is 11.3 Å². The number of aryl methyl sites for hydroxylation is 1.